The minimum atomic E-state index is -0.506. The van der Waals surface area contributed by atoms with Crippen molar-refractivity contribution in [1.29, 1.82) is 0 Å². The van der Waals surface area contributed by atoms with Gasteiger partial charge in [0, 0.05) is 17.6 Å². The Morgan fingerprint density at radius 2 is 2.21 bits per heavy atom. The number of nitrogens with zero attached hydrogens (tertiary/aromatic N) is 2. The third kappa shape index (κ3) is 3.18. The topological polar surface area (TPSA) is 42.4 Å². The van der Waals surface area contributed by atoms with Gasteiger partial charge in [-0.2, -0.15) is 0 Å². The van der Waals surface area contributed by atoms with Crippen molar-refractivity contribution in [3.63, 3.8) is 0 Å². The zero-order chi connectivity index (χ0) is 14.0. The highest BCUT2D eigenvalue weighted by Gasteiger charge is 2.39. The van der Waals surface area contributed by atoms with Crippen LogP contribution in [0.2, 0.25) is 0 Å². The molecular formula is C14H19ClN2O2. The summed E-state index contributed by atoms with van der Waals surface area (Å²) in [6.07, 6.45) is 0.0318. The van der Waals surface area contributed by atoms with Gasteiger partial charge in [-0.25, -0.2) is 4.98 Å². The molecule has 1 saturated heterocycles. The summed E-state index contributed by atoms with van der Waals surface area (Å²) in [5, 5.41) is 0. The molecular weight excluding hydrogens is 264 g/mol. The third-order valence-corrected chi connectivity index (χ3v) is 3.87. The predicted octanol–water partition coefficient (Wildman–Crippen LogP) is 2.24. The molecule has 0 bridgehead atoms. The molecule has 1 aromatic heterocycles. The van der Waals surface area contributed by atoms with E-state index in [9.17, 15) is 4.79 Å². The van der Waals surface area contributed by atoms with E-state index in [1.54, 1.807) is 4.90 Å². The number of hydrogen-bond donors (Lipinski definition) is 0. The van der Waals surface area contributed by atoms with Crippen LogP contribution in [0.25, 0.3) is 0 Å². The summed E-state index contributed by atoms with van der Waals surface area (Å²) in [4.78, 5) is 18.2. The van der Waals surface area contributed by atoms with Crippen LogP contribution in [-0.2, 0) is 4.79 Å². The highest BCUT2D eigenvalue weighted by Crippen LogP contribution is 2.25. The molecule has 1 aliphatic rings. The maximum absolute atomic E-state index is 12.1. The molecule has 2 heterocycles. The zero-order valence-corrected chi connectivity index (χ0v) is 12.3. The molecule has 0 atom stereocenters. The van der Waals surface area contributed by atoms with Gasteiger partial charge in [0.25, 0.3) is 0 Å². The Kier molecular flexibility index (Phi) is 3.99. The summed E-state index contributed by atoms with van der Waals surface area (Å²) < 4.78 is 5.72. The fraction of sp³-hybridized carbons (Fsp3) is 0.571. The lowest BCUT2D eigenvalue weighted by atomic mass is 9.92. The van der Waals surface area contributed by atoms with Gasteiger partial charge < -0.3 is 9.64 Å². The average Bonchev–Trinajstić information content (AvgIpc) is 2.32. The Labute approximate surface area is 118 Å². The largest absolute Gasteiger partial charge is 0.471 e. The lowest BCUT2D eigenvalue weighted by Crippen LogP contribution is -2.59. The summed E-state index contributed by atoms with van der Waals surface area (Å²) >= 11 is 5.81. The van der Waals surface area contributed by atoms with Crippen molar-refractivity contribution >= 4 is 17.5 Å². The van der Waals surface area contributed by atoms with Crippen LogP contribution < -0.4 is 4.74 Å². The number of hydrogen-bond acceptors (Lipinski definition) is 3. The number of aryl methyl sites for hydroxylation is 1. The van der Waals surface area contributed by atoms with Gasteiger partial charge in [-0.3, -0.25) is 4.79 Å². The monoisotopic (exact) mass is 282 g/mol. The SMILES string of the molecule is Cc1cccc(OC2CN(C(=O)C(C)(C)CCl)C2)n1. The molecule has 1 aromatic rings. The van der Waals surface area contributed by atoms with Gasteiger partial charge in [0.2, 0.25) is 11.8 Å². The fourth-order valence-corrected chi connectivity index (χ4v) is 2.03. The van der Waals surface area contributed by atoms with Crippen LogP contribution in [0.5, 0.6) is 5.88 Å². The van der Waals surface area contributed by atoms with Gasteiger partial charge >= 0.3 is 0 Å². The Balaban J connectivity index is 1.85. The first kappa shape index (κ1) is 14.1. The summed E-state index contributed by atoms with van der Waals surface area (Å²) in [6.45, 7) is 6.85. The van der Waals surface area contributed by atoms with Crippen molar-refractivity contribution in [3.8, 4) is 5.88 Å². The summed E-state index contributed by atoms with van der Waals surface area (Å²) in [6, 6.07) is 5.67. The summed E-state index contributed by atoms with van der Waals surface area (Å²) in [5.41, 5.74) is 0.418. The van der Waals surface area contributed by atoms with Crippen LogP contribution in [0.15, 0.2) is 18.2 Å². The van der Waals surface area contributed by atoms with Gasteiger partial charge in [-0.1, -0.05) is 6.07 Å². The number of rotatable bonds is 4. The minimum Gasteiger partial charge on any atom is -0.471 e. The zero-order valence-electron chi connectivity index (χ0n) is 11.5. The Bertz CT molecular complexity index is 470. The van der Waals surface area contributed by atoms with Crippen molar-refractivity contribution in [3.05, 3.63) is 23.9 Å². The van der Waals surface area contributed by atoms with E-state index in [1.165, 1.54) is 0 Å². The van der Waals surface area contributed by atoms with E-state index < -0.39 is 5.41 Å². The summed E-state index contributed by atoms with van der Waals surface area (Å²) in [5.74, 6) is 1.03. The third-order valence-electron chi connectivity index (χ3n) is 3.20. The molecule has 19 heavy (non-hydrogen) atoms. The molecule has 0 N–H and O–H groups in total. The first-order chi connectivity index (χ1) is 8.92. The van der Waals surface area contributed by atoms with Crippen LogP contribution in [0.1, 0.15) is 19.5 Å². The maximum atomic E-state index is 12.1. The maximum Gasteiger partial charge on any atom is 0.229 e. The van der Waals surface area contributed by atoms with E-state index in [1.807, 2.05) is 39.0 Å². The molecule has 1 aliphatic heterocycles. The Morgan fingerprint density at radius 3 is 2.79 bits per heavy atom. The predicted molar refractivity (Wildman–Crippen MR) is 74.5 cm³/mol. The number of ether oxygens (including phenoxy) is 1. The van der Waals surface area contributed by atoms with Crippen molar-refractivity contribution in [2.24, 2.45) is 5.41 Å². The van der Waals surface area contributed by atoms with Crippen molar-refractivity contribution in [2.75, 3.05) is 19.0 Å². The Morgan fingerprint density at radius 1 is 1.53 bits per heavy atom. The number of likely N-dealkylation sites (tertiary alicyclic amines) is 1. The van der Waals surface area contributed by atoms with Gasteiger partial charge in [0.15, 0.2) is 0 Å². The normalized spacial score (nSPS) is 16.1. The van der Waals surface area contributed by atoms with Gasteiger partial charge in [-0.15, -0.1) is 11.6 Å². The van der Waals surface area contributed by atoms with Gasteiger partial charge in [0.05, 0.1) is 18.5 Å². The van der Waals surface area contributed by atoms with Crippen LogP contribution in [0.4, 0.5) is 0 Å². The second-order valence-electron chi connectivity index (χ2n) is 5.58. The molecule has 0 aliphatic carbocycles. The van der Waals surface area contributed by atoms with Crippen LogP contribution in [-0.4, -0.2) is 40.9 Å². The smallest absolute Gasteiger partial charge is 0.229 e. The minimum absolute atomic E-state index is 0.0318. The molecule has 4 nitrogen and oxygen atoms in total. The highest BCUT2D eigenvalue weighted by atomic mass is 35.5. The molecule has 0 unspecified atom stereocenters. The summed E-state index contributed by atoms with van der Waals surface area (Å²) in [7, 11) is 0. The van der Waals surface area contributed by atoms with Crippen molar-refractivity contribution < 1.29 is 9.53 Å². The van der Waals surface area contributed by atoms with E-state index in [4.69, 9.17) is 16.3 Å². The quantitative estimate of drug-likeness (QED) is 0.796. The van der Waals surface area contributed by atoms with E-state index >= 15 is 0 Å². The molecule has 0 radical (unpaired) electrons. The van der Waals surface area contributed by atoms with E-state index in [2.05, 4.69) is 4.98 Å². The fourth-order valence-electron chi connectivity index (χ4n) is 1.92. The number of halogens is 1. The molecule has 2 rings (SSSR count). The molecule has 1 amide bonds. The lowest BCUT2D eigenvalue weighted by Gasteiger charge is -2.42. The van der Waals surface area contributed by atoms with E-state index in [-0.39, 0.29) is 12.0 Å². The first-order valence-corrected chi connectivity index (χ1v) is 6.91. The molecule has 104 valence electrons. The standard InChI is InChI=1S/C14H19ClN2O2/c1-10-5-4-6-12(16-10)19-11-7-17(8-11)13(18)14(2,3)9-15/h4-6,11H,7-9H2,1-3H3. The number of amides is 1. The average molecular weight is 283 g/mol. The first-order valence-electron chi connectivity index (χ1n) is 6.38. The molecule has 5 heteroatoms. The van der Waals surface area contributed by atoms with Gasteiger partial charge in [-0.05, 0) is 26.8 Å². The second kappa shape index (κ2) is 5.37. The number of aromatic nitrogens is 1. The molecule has 0 aromatic carbocycles. The lowest BCUT2D eigenvalue weighted by molar-refractivity contribution is -0.148. The molecule has 0 spiro atoms. The second-order valence-corrected chi connectivity index (χ2v) is 5.85. The molecule has 0 saturated carbocycles. The van der Waals surface area contributed by atoms with Crippen molar-refractivity contribution in [2.45, 2.75) is 26.9 Å². The van der Waals surface area contributed by atoms with Crippen LogP contribution >= 0.6 is 11.6 Å². The highest BCUT2D eigenvalue weighted by molar-refractivity contribution is 6.19. The van der Waals surface area contributed by atoms with Gasteiger partial charge in [0.1, 0.15) is 6.10 Å². The van der Waals surface area contributed by atoms with Crippen LogP contribution in [0, 0.1) is 12.3 Å². The molecule has 1 fully saturated rings. The number of carbonyl (C=O) groups excluding carboxylic acids is 1. The van der Waals surface area contributed by atoms with Crippen molar-refractivity contribution in [1.82, 2.24) is 9.88 Å². The number of pyridine rings is 1. The van der Waals surface area contributed by atoms with E-state index in [0.29, 0.717) is 24.8 Å². The van der Waals surface area contributed by atoms with E-state index in [0.717, 1.165) is 5.69 Å². The Hall–Kier alpha value is -1.29. The number of carbonyl (C=O) groups is 1. The number of alkyl halides is 1. The van der Waals surface area contributed by atoms with Crippen LogP contribution in [0.3, 0.4) is 0 Å².